The van der Waals surface area contributed by atoms with Gasteiger partial charge in [-0.25, -0.2) is 8.42 Å². The lowest BCUT2D eigenvalue weighted by Gasteiger charge is -2.15. The van der Waals surface area contributed by atoms with Crippen molar-refractivity contribution < 1.29 is 13.2 Å². The second kappa shape index (κ2) is 5.71. The molecule has 0 radical (unpaired) electrons. The summed E-state index contributed by atoms with van der Waals surface area (Å²) in [5, 5.41) is 2.71. The van der Waals surface area contributed by atoms with Crippen molar-refractivity contribution in [3.05, 3.63) is 29.8 Å². The van der Waals surface area contributed by atoms with Crippen LogP contribution in [0.2, 0.25) is 0 Å². The third-order valence-corrected chi connectivity index (χ3v) is 4.65. The van der Waals surface area contributed by atoms with Gasteiger partial charge in [0.1, 0.15) is 6.04 Å². The van der Waals surface area contributed by atoms with Gasteiger partial charge in [-0.05, 0) is 38.3 Å². The first kappa shape index (κ1) is 14.0. The number of sulfonamides is 1. The number of benzene rings is 1. The minimum absolute atomic E-state index is 0.190. The lowest BCUT2D eigenvalue weighted by molar-refractivity contribution is -0.122. The highest BCUT2D eigenvalue weighted by atomic mass is 32.2. The van der Waals surface area contributed by atoms with Crippen LogP contribution in [0.1, 0.15) is 24.8 Å². The topological polar surface area (TPSA) is 75.3 Å². The Hall–Kier alpha value is -1.40. The maximum atomic E-state index is 12.2. The molecule has 0 spiro atoms. The molecule has 0 aliphatic carbocycles. The van der Waals surface area contributed by atoms with Gasteiger partial charge in [-0.3, -0.25) is 4.79 Å². The number of carbonyl (C=O) groups excluding carboxylic acids is 1. The monoisotopic (exact) mass is 282 g/mol. The largest absolute Gasteiger partial charge is 0.355 e. The van der Waals surface area contributed by atoms with Crippen LogP contribution in [0, 0.1) is 6.92 Å². The lowest BCUT2D eigenvalue weighted by Crippen LogP contribution is -2.45. The molecule has 1 aliphatic rings. The van der Waals surface area contributed by atoms with Gasteiger partial charge in [-0.1, -0.05) is 17.7 Å². The summed E-state index contributed by atoms with van der Waals surface area (Å²) in [5.74, 6) is -0.242. The standard InChI is InChI=1S/C13H18N2O3S/c1-10-5-7-11(8-6-10)19(17,18)15-12-4-2-3-9-14-13(12)16/h5-8,12,15H,2-4,9H2,1H3,(H,14,16)/t12-/m1/s1. The molecule has 104 valence electrons. The first-order chi connectivity index (χ1) is 8.99. The molecule has 19 heavy (non-hydrogen) atoms. The molecule has 2 rings (SSSR count). The Kier molecular flexibility index (Phi) is 4.21. The summed E-state index contributed by atoms with van der Waals surface area (Å²) in [5.41, 5.74) is 0.992. The first-order valence-electron chi connectivity index (χ1n) is 6.36. The normalized spacial score (nSPS) is 20.7. The average molecular weight is 282 g/mol. The third kappa shape index (κ3) is 3.54. The maximum Gasteiger partial charge on any atom is 0.241 e. The molecule has 1 atom stereocenters. The Labute approximate surface area is 113 Å². The van der Waals surface area contributed by atoms with Crippen molar-refractivity contribution in [2.75, 3.05) is 6.54 Å². The summed E-state index contributed by atoms with van der Waals surface area (Å²) >= 11 is 0. The summed E-state index contributed by atoms with van der Waals surface area (Å²) in [6, 6.07) is 5.90. The van der Waals surface area contributed by atoms with Crippen molar-refractivity contribution in [1.29, 1.82) is 0 Å². The predicted molar refractivity (Wildman–Crippen MR) is 72.1 cm³/mol. The number of hydrogen-bond acceptors (Lipinski definition) is 3. The first-order valence-corrected chi connectivity index (χ1v) is 7.84. The van der Waals surface area contributed by atoms with E-state index in [4.69, 9.17) is 0 Å². The second-order valence-corrected chi connectivity index (χ2v) is 6.49. The Morgan fingerprint density at radius 3 is 2.58 bits per heavy atom. The van der Waals surface area contributed by atoms with E-state index < -0.39 is 16.1 Å². The van der Waals surface area contributed by atoms with Crippen molar-refractivity contribution in [1.82, 2.24) is 10.0 Å². The van der Waals surface area contributed by atoms with Crippen molar-refractivity contribution in [3.8, 4) is 0 Å². The number of amides is 1. The molecular formula is C13H18N2O3S. The molecule has 6 heteroatoms. The molecule has 2 N–H and O–H groups in total. The molecule has 0 unspecified atom stereocenters. The third-order valence-electron chi connectivity index (χ3n) is 3.16. The van der Waals surface area contributed by atoms with Crippen LogP contribution in [-0.4, -0.2) is 26.9 Å². The van der Waals surface area contributed by atoms with Crippen molar-refractivity contribution in [2.24, 2.45) is 0 Å². The zero-order valence-corrected chi connectivity index (χ0v) is 11.7. The molecule has 1 aromatic rings. The van der Waals surface area contributed by atoms with Gasteiger partial charge in [-0.2, -0.15) is 4.72 Å². The van der Waals surface area contributed by atoms with Crippen molar-refractivity contribution in [3.63, 3.8) is 0 Å². The van der Waals surface area contributed by atoms with Gasteiger partial charge < -0.3 is 5.32 Å². The molecule has 1 amide bonds. The van der Waals surface area contributed by atoms with Crippen LogP contribution in [0.25, 0.3) is 0 Å². The minimum Gasteiger partial charge on any atom is -0.355 e. The van der Waals surface area contributed by atoms with Crippen molar-refractivity contribution >= 4 is 15.9 Å². The van der Waals surface area contributed by atoms with E-state index in [1.54, 1.807) is 24.3 Å². The Bertz CT molecular complexity index is 552. The van der Waals surface area contributed by atoms with Crippen LogP contribution in [0.5, 0.6) is 0 Å². The summed E-state index contributed by atoms with van der Waals surface area (Å²) in [6.07, 6.45) is 2.26. The van der Waals surface area contributed by atoms with Crippen LogP contribution in [-0.2, 0) is 14.8 Å². The fraction of sp³-hybridized carbons (Fsp3) is 0.462. The molecule has 1 aliphatic heterocycles. The van der Waals surface area contributed by atoms with Crippen LogP contribution in [0.3, 0.4) is 0 Å². The van der Waals surface area contributed by atoms with Crippen molar-refractivity contribution in [2.45, 2.75) is 37.1 Å². The zero-order valence-electron chi connectivity index (χ0n) is 10.8. The van der Waals surface area contributed by atoms with Gasteiger partial charge in [0.05, 0.1) is 4.90 Å². The number of rotatable bonds is 3. The Morgan fingerprint density at radius 2 is 1.89 bits per heavy atom. The van der Waals surface area contributed by atoms with Gasteiger partial charge in [-0.15, -0.1) is 0 Å². The van der Waals surface area contributed by atoms with Gasteiger partial charge in [0, 0.05) is 6.54 Å². The lowest BCUT2D eigenvalue weighted by atomic mass is 10.1. The van der Waals surface area contributed by atoms with Crippen LogP contribution >= 0.6 is 0 Å². The van der Waals surface area contributed by atoms with E-state index in [0.29, 0.717) is 13.0 Å². The Morgan fingerprint density at radius 1 is 1.21 bits per heavy atom. The van der Waals surface area contributed by atoms with Gasteiger partial charge in [0.2, 0.25) is 15.9 Å². The van der Waals surface area contributed by atoms with Crippen LogP contribution in [0.4, 0.5) is 0 Å². The number of carbonyl (C=O) groups is 1. The molecule has 1 aromatic carbocycles. The quantitative estimate of drug-likeness (QED) is 0.866. The van der Waals surface area contributed by atoms with E-state index in [-0.39, 0.29) is 10.8 Å². The SMILES string of the molecule is Cc1ccc(S(=O)(=O)N[C@@H]2CCCCNC2=O)cc1. The van der Waals surface area contributed by atoms with E-state index in [2.05, 4.69) is 10.0 Å². The van der Waals surface area contributed by atoms with Gasteiger partial charge >= 0.3 is 0 Å². The van der Waals surface area contributed by atoms with Gasteiger partial charge in [0.25, 0.3) is 0 Å². The van der Waals surface area contributed by atoms with Crippen LogP contribution in [0.15, 0.2) is 29.2 Å². The van der Waals surface area contributed by atoms with E-state index in [1.165, 1.54) is 0 Å². The summed E-state index contributed by atoms with van der Waals surface area (Å²) in [6.45, 7) is 2.50. The van der Waals surface area contributed by atoms with E-state index >= 15 is 0 Å². The molecular weight excluding hydrogens is 264 g/mol. The molecule has 0 aromatic heterocycles. The fourth-order valence-corrected chi connectivity index (χ4v) is 3.25. The number of nitrogens with one attached hydrogen (secondary N) is 2. The second-order valence-electron chi connectivity index (χ2n) is 4.77. The average Bonchev–Trinajstić information content (AvgIpc) is 2.55. The highest BCUT2D eigenvalue weighted by Gasteiger charge is 2.26. The summed E-state index contributed by atoms with van der Waals surface area (Å²) < 4.78 is 26.8. The number of aryl methyl sites for hydroxylation is 1. The Balaban J connectivity index is 2.16. The minimum atomic E-state index is -3.64. The highest BCUT2D eigenvalue weighted by Crippen LogP contribution is 2.13. The van der Waals surface area contributed by atoms with E-state index in [1.807, 2.05) is 6.92 Å². The summed E-state index contributed by atoms with van der Waals surface area (Å²) in [4.78, 5) is 11.9. The molecule has 1 heterocycles. The summed E-state index contributed by atoms with van der Waals surface area (Å²) in [7, 11) is -3.64. The molecule has 0 bridgehead atoms. The smallest absolute Gasteiger partial charge is 0.241 e. The highest BCUT2D eigenvalue weighted by molar-refractivity contribution is 7.89. The van der Waals surface area contributed by atoms with Gasteiger partial charge in [0.15, 0.2) is 0 Å². The molecule has 1 saturated heterocycles. The van der Waals surface area contributed by atoms with Crippen LogP contribution < -0.4 is 10.0 Å². The predicted octanol–water partition coefficient (Wildman–Crippen LogP) is 0.942. The van der Waals surface area contributed by atoms with E-state index in [0.717, 1.165) is 18.4 Å². The number of hydrogen-bond donors (Lipinski definition) is 2. The van der Waals surface area contributed by atoms with E-state index in [9.17, 15) is 13.2 Å². The molecule has 5 nitrogen and oxygen atoms in total. The molecule has 0 saturated carbocycles. The zero-order chi connectivity index (χ0) is 13.9. The fourth-order valence-electron chi connectivity index (χ4n) is 2.02. The molecule has 1 fully saturated rings. The maximum absolute atomic E-state index is 12.2.